The van der Waals surface area contributed by atoms with E-state index in [-0.39, 0.29) is 17.5 Å². The number of hydrogen-bond acceptors (Lipinski definition) is 4. The number of hydrogen-bond donors (Lipinski definition) is 0. The summed E-state index contributed by atoms with van der Waals surface area (Å²) in [7, 11) is -3.93. The Hall–Kier alpha value is -1.86. The number of nitrogens with zero attached hydrogens (tertiary/aromatic N) is 1. The molecule has 2 aromatic rings. The molecule has 0 radical (unpaired) electrons. The Bertz CT molecular complexity index is 892. The third-order valence-electron chi connectivity index (χ3n) is 3.66. The zero-order chi connectivity index (χ0) is 19.5. The van der Waals surface area contributed by atoms with Gasteiger partial charge in [0.15, 0.2) is 0 Å². The first kappa shape index (κ1) is 20.5. The van der Waals surface area contributed by atoms with Crippen LogP contribution in [0.5, 0.6) is 0 Å². The van der Waals surface area contributed by atoms with Gasteiger partial charge in [-0.15, -0.1) is 0 Å². The number of ether oxygens (including phenoxy) is 1. The Labute approximate surface area is 163 Å². The summed E-state index contributed by atoms with van der Waals surface area (Å²) in [4.78, 5) is 12.3. The van der Waals surface area contributed by atoms with Crippen LogP contribution in [0, 0.1) is 13.8 Å². The first-order valence-electron chi connectivity index (χ1n) is 8.16. The fourth-order valence-corrected chi connectivity index (χ4v) is 4.27. The summed E-state index contributed by atoms with van der Waals surface area (Å²) >= 11 is 3.30. The van der Waals surface area contributed by atoms with E-state index in [2.05, 4.69) is 15.9 Å². The van der Waals surface area contributed by atoms with Gasteiger partial charge < -0.3 is 4.74 Å². The van der Waals surface area contributed by atoms with Gasteiger partial charge in [-0.25, -0.2) is 8.42 Å². The lowest BCUT2D eigenvalue weighted by Crippen LogP contribution is -2.37. The van der Waals surface area contributed by atoms with Crippen molar-refractivity contribution >= 4 is 37.6 Å². The maximum Gasteiger partial charge on any atom is 0.327 e. The van der Waals surface area contributed by atoms with Crippen LogP contribution < -0.4 is 4.31 Å². The predicted molar refractivity (Wildman–Crippen MR) is 106 cm³/mol. The lowest BCUT2D eigenvalue weighted by molar-refractivity contribution is -0.145. The zero-order valence-electron chi connectivity index (χ0n) is 15.2. The number of aryl methyl sites for hydroxylation is 2. The molecule has 7 heteroatoms. The second kappa shape index (κ2) is 8.22. The molecule has 5 nitrogen and oxygen atoms in total. The molecule has 0 fully saturated rings. The SMILES string of the molecule is Cc1ccc(N(CC(=O)OC(C)C)S(=O)(=O)c2ccc(Br)cc2)c(C)c1. The average Bonchev–Trinajstić information content (AvgIpc) is 2.53. The molecule has 0 aliphatic rings. The largest absolute Gasteiger partial charge is 0.462 e. The molecule has 26 heavy (non-hydrogen) atoms. The van der Waals surface area contributed by atoms with Crippen molar-refractivity contribution in [3.63, 3.8) is 0 Å². The van der Waals surface area contributed by atoms with Crippen molar-refractivity contribution in [1.29, 1.82) is 0 Å². The van der Waals surface area contributed by atoms with Gasteiger partial charge in [-0.05, 0) is 63.6 Å². The molecule has 140 valence electrons. The lowest BCUT2D eigenvalue weighted by atomic mass is 10.1. The molecular formula is C19H22BrNO4S. The minimum Gasteiger partial charge on any atom is -0.462 e. The fourth-order valence-electron chi connectivity index (χ4n) is 2.54. The highest BCUT2D eigenvalue weighted by Gasteiger charge is 2.29. The molecule has 2 rings (SSSR count). The van der Waals surface area contributed by atoms with Crippen LogP contribution in [0.3, 0.4) is 0 Å². The summed E-state index contributed by atoms with van der Waals surface area (Å²) in [5, 5.41) is 0. The standard InChI is InChI=1S/C19H22BrNO4S/c1-13(2)25-19(22)12-21(18-10-5-14(3)11-15(18)4)26(23,24)17-8-6-16(20)7-9-17/h5-11,13H,12H2,1-4H3. The third kappa shape index (κ3) is 4.86. The molecule has 0 aliphatic heterocycles. The molecule has 0 saturated carbocycles. The van der Waals surface area contributed by atoms with E-state index in [9.17, 15) is 13.2 Å². The molecule has 0 saturated heterocycles. The lowest BCUT2D eigenvalue weighted by Gasteiger charge is -2.26. The number of esters is 1. The Morgan fingerprint density at radius 3 is 2.27 bits per heavy atom. The molecular weight excluding hydrogens is 418 g/mol. The number of anilines is 1. The summed E-state index contributed by atoms with van der Waals surface area (Å²) in [6, 6.07) is 11.7. The van der Waals surface area contributed by atoms with E-state index in [1.54, 1.807) is 32.0 Å². The van der Waals surface area contributed by atoms with Crippen LogP contribution >= 0.6 is 15.9 Å². The Morgan fingerprint density at radius 1 is 1.12 bits per heavy atom. The van der Waals surface area contributed by atoms with Crippen molar-refractivity contribution in [3.05, 3.63) is 58.1 Å². The molecule has 0 amide bonds. The van der Waals surface area contributed by atoms with Crippen LogP contribution in [0.15, 0.2) is 51.8 Å². The first-order valence-corrected chi connectivity index (χ1v) is 10.4. The van der Waals surface area contributed by atoms with E-state index >= 15 is 0 Å². The normalized spacial score (nSPS) is 11.5. The second-order valence-electron chi connectivity index (χ2n) is 6.29. The predicted octanol–water partition coefficient (Wildman–Crippen LogP) is 4.21. The third-order valence-corrected chi connectivity index (χ3v) is 5.97. The van der Waals surface area contributed by atoms with Gasteiger partial charge in [-0.2, -0.15) is 0 Å². The van der Waals surface area contributed by atoms with E-state index in [1.165, 1.54) is 12.1 Å². The summed E-state index contributed by atoms with van der Waals surface area (Å²) in [6.07, 6.45) is -0.321. The van der Waals surface area contributed by atoms with E-state index in [0.717, 1.165) is 19.9 Å². The number of carbonyl (C=O) groups is 1. The van der Waals surface area contributed by atoms with Crippen LogP contribution in [0.25, 0.3) is 0 Å². The number of carbonyl (C=O) groups excluding carboxylic acids is 1. The van der Waals surface area contributed by atoms with Crippen LogP contribution in [0.4, 0.5) is 5.69 Å². The van der Waals surface area contributed by atoms with E-state index in [4.69, 9.17) is 4.74 Å². The topological polar surface area (TPSA) is 63.7 Å². The molecule has 0 bridgehead atoms. The average molecular weight is 440 g/mol. The molecule has 0 atom stereocenters. The first-order chi connectivity index (χ1) is 12.1. The minimum absolute atomic E-state index is 0.109. The number of halogens is 1. The van der Waals surface area contributed by atoms with Gasteiger partial charge in [0.1, 0.15) is 6.54 Å². The van der Waals surface area contributed by atoms with E-state index in [1.807, 2.05) is 26.0 Å². The smallest absolute Gasteiger partial charge is 0.327 e. The number of rotatable bonds is 6. The van der Waals surface area contributed by atoms with Gasteiger partial charge in [0.25, 0.3) is 10.0 Å². The minimum atomic E-state index is -3.93. The van der Waals surface area contributed by atoms with E-state index in [0.29, 0.717) is 5.69 Å². The maximum absolute atomic E-state index is 13.2. The van der Waals surface area contributed by atoms with Crippen molar-refractivity contribution in [2.45, 2.75) is 38.7 Å². The van der Waals surface area contributed by atoms with Gasteiger partial charge in [0.2, 0.25) is 0 Å². The van der Waals surface area contributed by atoms with Gasteiger partial charge >= 0.3 is 5.97 Å². The Morgan fingerprint density at radius 2 is 1.73 bits per heavy atom. The Balaban J connectivity index is 2.52. The van der Waals surface area contributed by atoms with Gasteiger partial charge in [-0.1, -0.05) is 33.6 Å². The zero-order valence-corrected chi connectivity index (χ0v) is 17.6. The van der Waals surface area contributed by atoms with Crippen LogP contribution in [0.2, 0.25) is 0 Å². The van der Waals surface area contributed by atoms with Crippen LogP contribution in [-0.2, 0) is 19.6 Å². The summed E-state index contributed by atoms with van der Waals surface area (Å²) < 4.78 is 33.5. The molecule has 0 heterocycles. The van der Waals surface area contributed by atoms with Crippen molar-refractivity contribution in [3.8, 4) is 0 Å². The Kier molecular flexibility index (Phi) is 6.47. The summed E-state index contributed by atoms with van der Waals surface area (Å²) in [6.45, 7) is 6.81. The van der Waals surface area contributed by atoms with Crippen molar-refractivity contribution < 1.29 is 17.9 Å². The van der Waals surface area contributed by atoms with E-state index < -0.39 is 16.0 Å². The highest BCUT2D eigenvalue weighted by atomic mass is 79.9. The molecule has 2 aromatic carbocycles. The van der Waals surface area contributed by atoms with Crippen molar-refractivity contribution in [2.24, 2.45) is 0 Å². The quantitative estimate of drug-likeness (QED) is 0.632. The maximum atomic E-state index is 13.2. The highest BCUT2D eigenvalue weighted by Crippen LogP contribution is 2.28. The molecule has 0 N–H and O–H groups in total. The number of benzene rings is 2. The van der Waals surface area contributed by atoms with Gasteiger partial charge in [0.05, 0.1) is 16.7 Å². The summed E-state index contributed by atoms with van der Waals surface area (Å²) in [5.74, 6) is -0.597. The molecule has 0 unspecified atom stereocenters. The second-order valence-corrected chi connectivity index (χ2v) is 9.07. The monoisotopic (exact) mass is 439 g/mol. The fraction of sp³-hybridized carbons (Fsp3) is 0.316. The van der Waals surface area contributed by atoms with Crippen molar-refractivity contribution in [1.82, 2.24) is 0 Å². The number of sulfonamides is 1. The summed E-state index contributed by atoms with van der Waals surface area (Å²) in [5.41, 5.74) is 2.24. The molecule has 0 aromatic heterocycles. The van der Waals surface area contributed by atoms with Crippen molar-refractivity contribution in [2.75, 3.05) is 10.8 Å². The van der Waals surface area contributed by atoms with Gasteiger partial charge in [-0.3, -0.25) is 9.10 Å². The molecule has 0 aliphatic carbocycles. The van der Waals surface area contributed by atoms with Crippen LogP contribution in [-0.4, -0.2) is 27.0 Å². The highest BCUT2D eigenvalue weighted by molar-refractivity contribution is 9.10. The van der Waals surface area contributed by atoms with Gasteiger partial charge in [0, 0.05) is 4.47 Å². The molecule has 0 spiro atoms. The van der Waals surface area contributed by atoms with Crippen LogP contribution in [0.1, 0.15) is 25.0 Å².